The Hall–Kier alpha value is -2.43. The molecule has 3 heterocycles. The van der Waals surface area contributed by atoms with E-state index in [1.165, 1.54) is 6.20 Å². The van der Waals surface area contributed by atoms with E-state index in [1.807, 2.05) is 16.7 Å². The lowest BCUT2D eigenvalue weighted by Gasteiger charge is -2.07. The average molecular weight is 254 g/mol. The summed E-state index contributed by atoms with van der Waals surface area (Å²) in [7, 11) is 0. The second kappa shape index (κ2) is 4.68. The van der Waals surface area contributed by atoms with Gasteiger partial charge in [-0.1, -0.05) is 6.92 Å². The zero-order chi connectivity index (χ0) is 13.2. The van der Waals surface area contributed by atoms with Gasteiger partial charge in [-0.15, -0.1) is 0 Å². The van der Waals surface area contributed by atoms with Gasteiger partial charge in [-0.3, -0.25) is 4.98 Å². The summed E-state index contributed by atoms with van der Waals surface area (Å²) in [6.45, 7) is 2.91. The molecule has 0 saturated carbocycles. The highest BCUT2D eigenvalue weighted by Crippen LogP contribution is 2.29. The Labute approximate surface area is 110 Å². The standard InChI is InChI=1S/C14H14N4O/c1-2-8-18-13(10-5-7-15-9-12(10)19)17-11-4-3-6-16-14(11)18/h3-7,9,19H,2,8H2,1H3. The molecule has 0 aromatic carbocycles. The zero-order valence-electron chi connectivity index (χ0n) is 10.6. The first-order chi connectivity index (χ1) is 9.31. The van der Waals surface area contributed by atoms with Crippen molar-refractivity contribution in [2.75, 3.05) is 0 Å². The molecule has 1 N–H and O–H groups in total. The molecular weight excluding hydrogens is 240 g/mol. The Morgan fingerprint density at radius 3 is 2.95 bits per heavy atom. The number of fused-ring (bicyclic) bond motifs is 1. The predicted molar refractivity (Wildman–Crippen MR) is 72.7 cm³/mol. The number of pyridine rings is 2. The fraction of sp³-hybridized carbons (Fsp3) is 0.214. The SMILES string of the molecule is CCCn1c(-c2ccncc2O)nc2cccnc21. The van der Waals surface area contributed by atoms with Gasteiger partial charge in [0.15, 0.2) is 5.65 Å². The summed E-state index contributed by atoms with van der Waals surface area (Å²) >= 11 is 0. The molecule has 19 heavy (non-hydrogen) atoms. The van der Waals surface area contributed by atoms with Crippen molar-refractivity contribution in [3.8, 4) is 17.1 Å². The van der Waals surface area contributed by atoms with E-state index in [4.69, 9.17) is 0 Å². The number of hydrogen-bond donors (Lipinski definition) is 1. The van der Waals surface area contributed by atoms with Crippen LogP contribution >= 0.6 is 0 Å². The maximum atomic E-state index is 9.95. The van der Waals surface area contributed by atoms with Gasteiger partial charge in [-0.2, -0.15) is 0 Å². The molecule has 0 atom stereocenters. The van der Waals surface area contributed by atoms with Gasteiger partial charge in [-0.05, 0) is 24.6 Å². The first-order valence-corrected chi connectivity index (χ1v) is 6.26. The third kappa shape index (κ3) is 1.93. The Morgan fingerprint density at radius 1 is 1.26 bits per heavy atom. The number of nitrogens with zero attached hydrogens (tertiary/aromatic N) is 4. The van der Waals surface area contributed by atoms with Crippen molar-refractivity contribution in [1.29, 1.82) is 0 Å². The highest BCUT2D eigenvalue weighted by molar-refractivity contribution is 5.78. The first kappa shape index (κ1) is 11.6. The van der Waals surface area contributed by atoms with Crippen LogP contribution in [0.15, 0.2) is 36.8 Å². The number of aromatic hydroxyl groups is 1. The monoisotopic (exact) mass is 254 g/mol. The van der Waals surface area contributed by atoms with Crippen molar-refractivity contribution >= 4 is 11.2 Å². The van der Waals surface area contributed by atoms with Crippen molar-refractivity contribution in [3.05, 3.63) is 36.8 Å². The van der Waals surface area contributed by atoms with E-state index < -0.39 is 0 Å². The van der Waals surface area contributed by atoms with E-state index in [-0.39, 0.29) is 5.75 Å². The molecule has 5 heteroatoms. The van der Waals surface area contributed by atoms with E-state index in [0.29, 0.717) is 5.56 Å². The van der Waals surface area contributed by atoms with E-state index in [0.717, 1.165) is 30.0 Å². The van der Waals surface area contributed by atoms with Crippen LogP contribution in [-0.2, 0) is 6.54 Å². The zero-order valence-corrected chi connectivity index (χ0v) is 10.6. The highest BCUT2D eigenvalue weighted by Gasteiger charge is 2.15. The fourth-order valence-electron chi connectivity index (χ4n) is 2.17. The highest BCUT2D eigenvalue weighted by atomic mass is 16.3. The lowest BCUT2D eigenvalue weighted by molar-refractivity contribution is 0.473. The topological polar surface area (TPSA) is 63.8 Å². The summed E-state index contributed by atoms with van der Waals surface area (Å²) in [5.74, 6) is 0.866. The van der Waals surface area contributed by atoms with Gasteiger partial charge in [0, 0.05) is 18.9 Å². The van der Waals surface area contributed by atoms with Gasteiger partial charge in [0.2, 0.25) is 0 Å². The van der Waals surface area contributed by atoms with Crippen molar-refractivity contribution in [2.24, 2.45) is 0 Å². The van der Waals surface area contributed by atoms with Crippen molar-refractivity contribution in [3.63, 3.8) is 0 Å². The molecule has 0 spiro atoms. The number of rotatable bonds is 3. The largest absolute Gasteiger partial charge is 0.506 e. The van der Waals surface area contributed by atoms with Crippen molar-refractivity contribution < 1.29 is 5.11 Å². The molecule has 0 bridgehead atoms. The van der Waals surface area contributed by atoms with Crippen molar-refractivity contribution in [1.82, 2.24) is 19.5 Å². The van der Waals surface area contributed by atoms with Crippen LogP contribution in [0, 0.1) is 0 Å². The maximum Gasteiger partial charge on any atom is 0.160 e. The summed E-state index contributed by atoms with van der Waals surface area (Å²) in [5.41, 5.74) is 2.36. The Bertz CT molecular complexity index is 720. The predicted octanol–water partition coefficient (Wildman–Crippen LogP) is 2.61. The van der Waals surface area contributed by atoms with Crippen LogP contribution in [0.25, 0.3) is 22.6 Å². The Kier molecular flexibility index (Phi) is 2.87. The molecule has 0 radical (unpaired) electrons. The molecular formula is C14H14N4O. The van der Waals surface area contributed by atoms with Gasteiger partial charge in [0.1, 0.15) is 17.1 Å². The quantitative estimate of drug-likeness (QED) is 0.780. The molecule has 0 aliphatic carbocycles. The van der Waals surface area contributed by atoms with Crippen LogP contribution in [0.4, 0.5) is 0 Å². The van der Waals surface area contributed by atoms with Gasteiger partial charge >= 0.3 is 0 Å². The smallest absolute Gasteiger partial charge is 0.160 e. The van der Waals surface area contributed by atoms with Crippen LogP contribution in [0.3, 0.4) is 0 Å². The summed E-state index contributed by atoms with van der Waals surface area (Å²) in [6, 6.07) is 5.56. The van der Waals surface area contributed by atoms with Gasteiger partial charge in [-0.25, -0.2) is 9.97 Å². The minimum Gasteiger partial charge on any atom is -0.506 e. The summed E-state index contributed by atoms with van der Waals surface area (Å²) in [6.07, 6.45) is 5.81. The van der Waals surface area contributed by atoms with Crippen LogP contribution in [0.5, 0.6) is 5.75 Å². The van der Waals surface area contributed by atoms with Crippen LogP contribution in [-0.4, -0.2) is 24.6 Å². The van der Waals surface area contributed by atoms with Gasteiger partial charge < -0.3 is 9.67 Å². The molecule has 5 nitrogen and oxygen atoms in total. The fourth-order valence-corrected chi connectivity index (χ4v) is 2.17. The molecule has 0 unspecified atom stereocenters. The lowest BCUT2D eigenvalue weighted by Crippen LogP contribution is -2.01. The van der Waals surface area contributed by atoms with E-state index in [9.17, 15) is 5.11 Å². The van der Waals surface area contributed by atoms with Gasteiger partial charge in [0.05, 0.1) is 11.8 Å². The Balaban J connectivity index is 2.28. The van der Waals surface area contributed by atoms with E-state index in [2.05, 4.69) is 21.9 Å². The summed E-state index contributed by atoms with van der Waals surface area (Å²) < 4.78 is 2.03. The van der Waals surface area contributed by atoms with Crippen molar-refractivity contribution in [2.45, 2.75) is 19.9 Å². The van der Waals surface area contributed by atoms with E-state index in [1.54, 1.807) is 18.5 Å². The number of aromatic nitrogens is 4. The normalized spacial score (nSPS) is 11.0. The molecule has 0 aliphatic heterocycles. The Morgan fingerprint density at radius 2 is 2.16 bits per heavy atom. The van der Waals surface area contributed by atoms with Crippen LogP contribution in [0.1, 0.15) is 13.3 Å². The minimum absolute atomic E-state index is 0.134. The number of imidazole rings is 1. The third-order valence-electron chi connectivity index (χ3n) is 2.99. The summed E-state index contributed by atoms with van der Waals surface area (Å²) in [5, 5.41) is 9.95. The average Bonchev–Trinajstić information content (AvgIpc) is 2.79. The molecule has 3 aromatic rings. The molecule has 0 aliphatic rings. The second-order valence-corrected chi connectivity index (χ2v) is 4.33. The van der Waals surface area contributed by atoms with Crippen LogP contribution < -0.4 is 0 Å². The van der Waals surface area contributed by atoms with Crippen LogP contribution in [0.2, 0.25) is 0 Å². The number of aryl methyl sites for hydroxylation is 1. The molecule has 96 valence electrons. The molecule has 0 fully saturated rings. The second-order valence-electron chi connectivity index (χ2n) is 4.33. The third-order valence-corrected chi connectivity index (χ3v) is 2.99. The lowest BCUT2D eigenvalue weighted by atomic mass is 10.2. The minimum atomic E-state index is 0.134. The molecule has 3 rings (SSSR count). The maximum absolute atomic E-state index is 9.95. The summed E-state index contributed by atoms with van der Waals surface area (Å²) in [4.78, 5) is 12.9. The first-order valence-electron chi connectivity index (χ1n) is 6.26. The van der Waals surface area contributed by atoms with Gasteiger partial charge in [0.25, 0.3) is 0 Å². The molecule has 3 aromatic heterocycles. The number of hydrogen-bond acceptors (Lipinski definition) is 4. The molecule has 0 saturated heterocycles. The molecule has 0 amide bonds. The van der Waals surface area contributed by atoms with E-state index >= 15 is 0 Å².